The third-order valence-corrected chi connectivity index (χ3v) is 0.517. The first-order valence-electron chi connectivity index (χ1n) is 3.66. The Hall–Kier alpha value is -0.860. The van der Waals surface area contributed by atoms with Crippen molar-refractivity contribution in [2.75, 3.05) is 0 Å². The molecule has 0 radical (unpaired) electrons. The molecule has 2 amide bonds. The molecule has 3 nitrogen and oxygen atoms in total. The molecule has 0 aromatic heterocycles. The zero-order valence-corrected chi connectivity index (χ0v) is 3.32. The first kappa shape index (κ1) is 1.58. The highest BCUT2D eigenvalue weighted by atomic mass is 16.2. The molecule has 1 N–H and O–H groups in total. The predicted octanol–water partition coefficient (Wildman–Crippen LogP) is -0.577. The van der Waals surface area contributed by atoms with Gasteiger partial charge in [-0.05, 0) is 0 Å². The van der Waals surface area contributed by atoms with Gasteiger partial charge >= 0.3 is 0 Å². The van der Waals surface area contributed by atoms with Crippen molar-refractivity contribution in [1.82, 2.24) is 5.32 Å². The van der Waals surface area contributed by atoms with Gasteiger partial charge < -0.3 is 0 Å². The standard InChI is InChI=1S/C4H5NO2/c6-3-1-2-4(7)5-3/h1-2H2,(H,5,6,7)/i1D2,2D2. The van der Waals surface area contributed by atoms with Crippen LogP contribution in [-0.2, 0) is 9.59 Å². The fourth-order valence-electron chi connectivity index (χ4n) is 0.279. The third kappa shape index (κ3) is 0.765. The van der Waals surface area contributed by atoms with Crippen molar-refractivity contribution in [2.24, 2.45) is 0 Å². The smallest absolute Gasteiger partial charge is 0.227 e. The summed E-state index contributed by atoms with van der Waals surface area (Å²) < 4.78 is 27.5. The van der Waals surface area contributed by atoms with Gasteiger partial charge in [-0.2, -0.15) is 0 Å². The van der Waals surface area contributed by atoms with Gasteiger partial charge in [0.2, 0.25) is 11.8 Å². The Balaban J connectivity index is 3.15. The van der Waals surface area contributed by atoms with Crippen molar-refractivity contribution in [3.05, 3.63) is 0 Å². The topological polar surface area (TPSA) is 46.2 Å². The minimum atomic E-state index is -2.75. The van der Waals surface area contributed by atoms with Crippen LogP contribution >= 0.6 is 0 Å². The number of amides is 2. The average Bonchev–Trinajstić information content (AvgIpc) is 1.95. The maximum absolute atomic E-state index is 10.6. The van der Waals surface area contributed by atoms with Crippen molar-refractivity contribution in [3.63, 3.8) is 0 Å². The number of carbonyl (C=O) groups excluding carboxylic acids is 2. The Morgan fingerprint density at radius 1 is 1.43 bits per heavy atom. The Labute approximate surface area is 46.3 Å². The molecule has 1 heterocycles. The van der Waals surface area contributed by atoms with Gasteiger partial charge in [0, 0.05) is 18.2 Å². The lowest BCUT2D eigenvalue weighted by Crippen LogP contribution is -2.18. The van der Waals surface area contributed by atoms with Crippen LogP contribution in [0.3, 0.4) is 0 Å². The largest absolute Gasteiger partial charge is 0.296 e. The lowest BCUT2D eigenvalue weighted by molar-refractivity contribution is -0.124. The number of rotatable bonds is 0. The van der Waals surface area contributed by atoms with Crippen LogP contribution in [-0.4, -0.2) is 11.8 Å². The summed E-state index contributed by atoms with van der Waals surface area (Å²) in [5, 5.41) is 1.57. The van der Waals surface area contributed by atoms with Gasteiger partial charge in [-0.1, -0.05) is 0 Å². The second kappa shape index (κ2) is 1.33. The number of hydrogen-bond donors (Lipinski definition) is 1. The second-order valence-corrected chi connectivity index (χ2v) is 1.03. The van der Waals surface area contributed by atoms with E-state index in [0.29, 0.717) is 0 Å². The first-order chi connectivity index (χ1) is 4.80. The molecule has 3 heteroatoms. The van der Waals surface area contributed by atoms with Crippen molar-refractivity contribution in [1.29, 1.82) is 0 Å². The van der Waals surface area contributed by atoms with E-state index in [4.69, 9.17) is 5.48 Å². The van der Waals surface area contributed by atoms with E-state index in [1.165, 1.54) is 0 Å². The van der Waals surface area contributed by atoms with E-state index >= 15 is 0 Å². The molecule has 0 atom stereocenters. The maximum atomic E-state index is 10.6. The van der Waals surface area contributed by atoms with Crippen molar-refractivity contribution >= 4 is 11.8 Å². The SMILES string of the molecule is [2H]C1([2H])C(=O)NC(=O)C1([2H])[2H]. The molecule has 1 saturated heterocycles. The summed E-state index contributed by atoms with van der Waals surface area (Å²) in [5.74, 6) is -2.43. The summed E-state index contributed by atoms with van der Waals surface area (Å²) in [6.45, 7) is 0. The molecular weight excluding hydrogens is 94.0 g/mol. The Bertz CT molecular complexity index is 212. The zero-order chi connectivity index (χ0) is 8.86. The van der Waals surface area contributed by atoms with Crippen molar-refractivity contribution < 1.29 is 15.1 Å². The highest BCUT2D eigenvalue weighted by molar-refractivity contribution is 6.01. The maximum Gasteiger partial charge on any atom is 0.227 e. The minimum Gasteiger partial charge on any atom is -0.296 e. The molecule has 1 fully saturated rings. The lowest BCUT2D eigenvalue weighted by atomic mass is 10.4. The summed E-state index contributed by atoms with van der Waals surface area (Å²) in [4.78, 5) is 21.1. The number of imide groups is 1. The van der Waals surface area contributed by atoms with Crippen LogP contribution in [0.4, 0.5) is 0 Å². The van der Waals surface area contributed by atoms with Gasteiger partial charge in [0.1, 0.15) is 0 Å². The summed E-state index contributed by atoms with van der Waals surface area (Å²) in [5.41, 5.74) is 0. The second-order valence-electron chi connectivity index (χ2n) is 1.03. The van der Waals surface area contributed by atoms with E-state index in [1.807, 2.05) is 0 Å². The zero-order valence-electron chi connectivity index (χ0n) is 7.32. The first-order valence-corrected chi connectivity index (χ1v) is 1.66. The molecule has 0 bridgehead atoms. The van der Waals surface area contributed by atoms with E-state index in [2.05, 4.69) is 0 Å². The molecule has 1 aliphatic rings. The van der Waals surface area contributed by atoms with Crippen LogP contribution in [0, 0.1) is 0 Å². The molecule has 0 saturated carbocycles. The Morgan fingerprint density at radius 3 is 2.00 bits per heavy atom. The molecule has 38 valence electrons. The van der Waals surface area contributed by atoms with Crippen LogP contribution in [0.5, 0.6) is 0 Å². The number of hydrogen-bond acceptors (Lipinski definition) is 2. The van der Waals surface area contributed by atoms with E-state index < -0.39 is 24.6 Å². The van der Waals surface area contributed by atoms with Gasteiger partial charge in [-0.25, -0.2) is 0 Å². The van der Waals surface area contributed by atoms with E-state index in [1.54, 1.807) is 5.32 Å². The van der Waals surface area contributed by atoms with Gasteiger partial charge in [-0.15, -0.1) is 0 Å². The number of carbonyl (C=O) groups is 2. The normalized spacial score (nSPS) is 42.9. The Morgan fingerprint density at radius 2 is 1.86 bits per heavy atom. The molecule has 0 spiro atoms. The fourth-order valence-corrected chi connectivity index (χ4v) is 0.279. The molecule has 0 aliphatic carbocycles. The van der Waals surface area contributed by atoms with Gasteiger partial charge in [0.25, 0.3) is 0 Å². The van der Waals surface area contributed by atoms with Crippen LogP contribution in [0.1, 0.15) is 18.2 Å². The Kier molecular flexibility index (Phi) is 0.300. The predicted molar refractivity (Wildman–Crippen MR) is 22.4 cm³/mol. The number of nitrogens with one attached hydrogen (secondary N) is 1. The van der Waals surface area contributed by atoms with Crippen LogP contribution in [0.25, 0.3) is 0 Å². The van der Waals surface area contributed by atoms with E-state index in [0.717, 1.165) is 0 Å². The van der Waals surface area contributed by atoms with Crippen LogP contribution in [0.2, 0.25) is 0 Å². The molecule has 0 aromatic carbocycles. The summed E-state index contributed by atoms with van der Waals surface area (Å²) in [6, 6.07) is 0. The lowest BCUT2D eigenvalue weighted by Gasteiger charge is -1.79. The summed E-state index contributed by atoms with van der Waals surface area (Å²) >= 11 is 0. The molecule has 7 heavy (non-hydrogen) atoms. The quantitative estimate of drug-likeness (QED) is 0.417. The fraction of sp³-hybridized carbons (Fsp3) is 0.500. The molecule has 0 unspecified atom stereocenters. The van der Waals surface area contributed by atoms with E-state index in [-0.39, 0.29) is 0 Å². The van der Waals surface area contributed by atoms with Gasteiger partial charge in [0.05, 0.1) is 0 Å². The molecule has 1 rings (SSSR count). The van der Waals surface area contributed by atoms with Crippen LogP contribution in [0.15, 0.2) is 0 Å². The van der Waals surface area contributed by atoms with Gasteiger partial charge in [0.15, 0.2) is 0 Å². The molecular formula is C4H5NO2. The summed E-state index contributed by atoms with van der Waals surface area (Å²) in [6.07, 6.45) is -5.49. The van der Waals surface area contributed by atoms with Crippen molar-refractivity contribution in [3.8, 4) is 0 Å². The third-order valence-electron chi connectivity index (χ3n) is 0.517. The monoisotopic (exact) mass is 103 g/mol. The average molecular weight is 103 g/mol. The highest BCUT2D eigenvalue weighted by Gasteiger charge is 2.15. The van der Waals surface area contributed by atoms with Gasteiger partial charge in [-0.3, -0.25) is 14.9 Å². The molecule has 0 aromatic rings. The highest BCUT2D eigenvalue weighted by Crippen LogP contribution is 1.95. The van der Waals surface area contributed by atoms with E-state index in [9.17, 15) is 9.59 Å². The molecule has 1 aliphatic heterocycles. The summed E-state index contributed by atoms with van der Waals surface area (Å²) in [7, 11) is 0. The van der Waals surface area contributed by atoms with Crippen molar-refractivity contribution in [2.45, 2.75) is 12.7 Å². The van der Waals surface area contributed by atoms with Crippen LogP contribution < -0.4 is 5.32 Å². The minimum absolute atomic E-state index is 1.22.